The second-order valence-electron chi connectivity index (χ2n) is 11.4. The van der Waals surface area contributed by atoms with Crippen molar-refractivity contribution in [1.29, 1.82) is 0 Å². The summed E-state index contributed by atoms with van der Waals surface area (Å²) in [7, 11) is 1.63. The molecule has 0 bridgehead atoms. The molecule has 2 saturated heterocycles. The summed E-state index contributed by atoms with van der Waals surface area (Å²) in [4.78, 5) is 31.2. The third kappa shape index (κ3) is 5.69. The van der Waals surface area contributed by atoms with E-state index in [4.69, 9.17) is 29.2 Å². The van der Waals surface area contributed by atoms with Crippen LogP contribution in [-0.2, 0) is 20.7 Å². The van der Waals surface area contributed by atoms with E-state index in [1.807, 2.05) is 24.3 Å². The van der Waals surface area contributed by atoms with Crippen LogP contribution < -0.4 is 14.5 Å². The Bertz CT molecular complexity index is 1380. The fourth-order valence-electron chi connectivity index (χ4n) is 5.24. The molecule has 0 radical (unpaired) electrons. The number of anilines is 2. The molecular weight excluding hydrogens is 510 g/mol. The highest BCUT2D eigenvalue weighted by molar-refractivity contribution is 5.90. The largest absolute Gasteiger partial charge is 0.496 e. The fraction of sp³-hybridized carbons (Fsp3) is 0.533. The quantitative estimate of drug-likeness (QED) is 0.439. The zero-order chi connectivity index (χ0) is 28.4. The van der Waals surface area contributed by atoms with Gasteiger partial charge >= 0.3 is 5.97 Å². The van der Waals surface area contributed by atoms with Crippen LogP contribution in [-0.4, -0.2) is 84.7 Å². The standard InChI is InChI=1S/C30H39N5O5/c1-19-17-39-14-12-34(19)27-23-7-8-24(31-26(23)32-29(33-27)35-13-15-40-18-20(35)2)21-6-9-25(38-5)22(16-21)10-11-30(3,4)28(36)37/h6-9,16,19-20H,10-15,17-18H2,1-5H3,(H,36,37)/t19-,20-/m0/s1. The Hall–Kier alpha value is -3.50. The third-order valence-corrected chi connectivity index (χ3v) is 7.97. The lowest BCUT2D eigenvalue weighted by Crippen LogP contribution is -2.46. The Morgan fingerprint density at radius 3 is 2.38 bits per heavy atom. The van der Waals surface area contributed by atoms with Gasteiger partial charge in [-0.2, -0.15) is 9.97 Å². The molecule has 214 valence electrons. The van der Waals surface area contributed by atoms with Crippen LogP contribution in [0.25, 0.3) is 22.3 Å². The molecule has 0 spiro atoms. The SMILES string of the molecule is COc1ccc(-c2ccc3c(N4CCOC[C@@H]4C)nc(N4CCOC[C@@H]4C)nc3n2)cc1CCC(C)(C)C(=O)O. The van der Waals surface area contributed by atoms with Gasteiger partial charge in [-0.25, -0.2) is 4.98 Å². The maximum Gasteiger partial charge on any atom is 0.309 e. The zero-order valence-electron chi connectivity index (χ0n) is 24.0. The lowest BCUT2D eigenvalue weighted by Gasteiger charge is -2.37. The average Bonchev–Trinajstić information content (AvgIpc) is 2.95. The molecule has 10 heteroatoms. The molecule has 2 atom stereocenters. The summed E-state index contributed by atoms with van der Waals surface area (Å²) in [6.07, 6.45) is 1.06. The second kappa shape index (κ2) is 11.5. The minimum absolute atomic E-state index is 0.156. The topological polar surface area (TPSA) is 110 Å². The van der Waals surface area contributed by atoms with Crippen molar-refractivity contribution in [3.63, 3.8) is 0 Å². The van der Waals surface area contributed by atoms with Crippen LogP contribution in [0.3, 0.4) is 0 Å². The molecule has 2 aromatic heterocycles. The summed E-state index contributed by atoms with van der Waals surface area (Å²) in [5, 5.41) is 10.5. The second-order valence-corrected chi connectivity index (χ2v) is 11.4. The molecule has 40 heavy (non-hydrogen) atoms. The molecule has 2 fully saturated rings. The van der Waals surface area contributed by atoms with E-state index in [-0.39, 0.29) is 12.1 Å². The number of carbonyl (C=O) groups is 1. The summed E-state index contributed by atoms with van der Waals surface area (Å²) >= 11 is 0. The number of pyridine rings is 1. The van der Waals surface area contributed by atoms with Crippen molar-refractivity contribution < 1.29 is 24.1 Å². The number of benzene rings is 1. The van der Waals surface area contributed by atoms with Gasteiger partial charge in [0.05, 0.1) is 62.1 Å². The van der Waals surface area contributed by atoms with E-state index in [9.17, 15) is 9.90 Å². The molecule has 0 unspecified atom stereocenters. The number of rotatable bonds is 8. The van der Waals surface area contributed by atoms with Crippen LogP contribution in [0.2, 0.25) is 0 Å². The highest BCUT2D eigenvalue weighted by Crippen LogP contribution is 2.34. The monoisotopic (exact) mass is 549 g/mol. The lowest BCUT2D eigenvalue weighted by atomic mass is 9.86. The van der Waals surface area contributed by atoms with Crippen molar-refractivity contribution in [2.75, 3.05) is 56.4 Å². The summed E-state index contributed by atoms with van der Waals surface area (Å²) in [5.74, 6) is 1.46. The van der Waals surface area contributed by atoms with E-state index in [2.05, 4.69) is 29.7 Å². The van der Waals surface area contributed by atoms with E-state index >= 15 is 0 Å². The van der Waals surface area contributed by atoms with Gasteiger partial charge in [0, 0.05) is 18.7 Å². The first kappa shape index (κ1) is 28.0. The Balaban J connectivity index is 1.56. The van der Waals surface area contributed by atoms with E-state index in [0.29, 0.717) is 50.9 Å². The van der Waals surface area contributed by atoms with Crippen molar-refractivity contribution >= 4 is 28.8 Å². The van der Waals surface area contributed by atoms with Crippen LogP contribution in [0.4, 0.5) is 11.8 Å². The summed E-state index contributed by atoms with van der Waals surface area (Å²) in [6.45, 7) is 11.8. The fourth-order valence-corrected chi connectivity index (χ4v) is 5.24. The number of hydrogen-bond donors (Lipinski definition) is 1. The van der Waals surface area contributed by atoms with E-state index in [0.717, 1.165) is 46.9 Å². The molecule has 1 N–H and O–H groups in total. The van der Waals surface area contributed by atoms with Crippen LogP contribution in [0.15, 0.2) is 30.3 Å². The highest BCUT2D eigenvalue weighted by Gasteiger charge is 2.29. The molecule has 1 aromatic carbocycles. The highest BCUT2D eigenvalue weighted by atomic mass is 16.5. The van der Waals surface area contributed by atoms with E-state index < -0.39 is 11.4 Å². The maximum atomic E-state index is 11.7. The zero-order valence-corrected chi connectivity index (χ0v) is 24.0. The number of methoxy groups -OCH3 is 1. The minimum Gasteiger partial charge on any atom is -0.496 e. The van der Waals surface area contributed by atoms with Crippen LogP contribution in [0.5, 0.6) is 5.75 Å². The molecule has 5 rings (SSSR count). The normalized spacial score (nSPS) is 20.1. The molecule has 2 aliphatic rings. The van der Waals surface area contributed by atoms with Crippen molar-refractivity contribution in [2.45, 2.75) is 52.6 Å². The van der Waals surface area contributed by atoms with Gasteiger partial charge in [0.25, 0.3) is 0 Å². The lowest BCUT2D eigenvalue weighted by molar-refractivity contribution is -0.147. The van der Waals surface area contributed by atoms with Crippen LogP contribution in [0.1, 0.15) is 39.7 Å². The minimum atomic E-state index is -0.834. The van der Waals surface area contributed by atoms with Gasteiger partial charge in [0.15, 0.2) is 5.65 Å². The molecule has 10 nitrogen and oxygen atoms in total. The molecule has 4 heterocycles. The maximum absolute atomic E-state index is 11.7. The van der Waals surface area contributed by atoms with Crippen LogP contribution in [0, 0.1) is 5.41 Å². The number of aromatic nitrogens is 3. The molecule has 2 aliphatic heterocycles. The number of carboxylic acid groups (broad SMARTS) is 1. The Kier molecular flexibility index (Phi) is 8.09. The Morgan fingerprint density at radius 2 is 1.73 bits per heavy atom. The van der Waals surface area contributed by atoms with Gasteiger partial charge in [-0.15, -0.1) is 0 Å². The van der Waals surface area contributed by atoms with E-state index in [1.165, 1.54) is 0 Å². The average molecular weight is 550 g/mol. The number of carboxylic acids is 1. The summed E-state index contributed by atoms with van der Waals surface area (Å²) < 4.78 is 17.0. The molecule has 0 aliphatic carbocycles. The van der Waals surface area contributed by atoms with Gasteiger partial charge in [-0.1, -0.05) is 0 Å². The van der Waals surface area contributed by atoms with Crippen molar-refractivity contribution in [1.82, 2.24) is 15.0 Å². The predicted molar refractivity (Wildman–Crippen MR) is 154 cm³/mol. The molecule has 0 amide bonds. The predicted octanol–water partition coefficient (Wildman–Crippen LogP) is 4.19. The number of aryl methyl sites for hydroxylation is 1. The van der Waals surface area contributed by atoms with Gasteiger partial charge in [0.2, 0.25) is 5.95 Å². The molecular formula is C30H39N5O5. The van der Waals surface area contributed by atoms with Gasteiger partial charge < -0.3 is 29.1 Å². The Labute approximate surface area is 235 Å². The van der Waals surface area contributed by atoms with Crippen molar-refractivity contribution in [3.8, 4) is 17.0 Å². The first-order valence-corrected chi connectivity index (χ1v) is 14.0. The molecule has 3 aromatic rings. The van der Waals surface area contributed by atoms with Gasteiger partial charge in [-0.3, -0.25) is 4.79 Å². The van der Waals surface area contributed by atoms with Crippen molar-refractivity contribution in [3.05, 3.63) is 35.9 Å². The molecule has 0 saturated carbocycles. The van der Waals surface area contributed by atoms with Gasteiger partial charge in [-0.05, 0) is 76.4 Å². The first-order chi connectivity index (χ1) is 19.2. The number of morpholine rings is 2. The van der Waals surface area contributed by atoms with Crippen LogP contribution >= 0.6 is 0 Å². The third-order valence-electron chi connectivity index (χ3n) is 7.97. The van der Waals surface area contributed by atoms with E-state index in [1.54, 1.807) is 21.0 Å². The number of nitrogens with zero attached hydrogens (tertiary/aromatic N) is 5. The van der Waals surface area contributed by atoms with Crippen molar-refractivity contribution in [2.24, 2.45) is 5.41 Å². The van der Waals surface area contributed by atoms with Gasteiger partial charge in [0.1, 0.15) is 11.6 Å². The summed E-state index contributed by atoms with van der Waals surface area (Å²) in [6, 6.07) is 10.3. The smallest absolute Gasteiger partial charge is 0.309 e. The number of ether oxygens (including phenoxy) is 3. The Morgan fingerprint density at radius 1 is 1.02 bits per heavy atom. The number of fused-ring (bicyclic) bond motifs is 1. The number of hydrogen-bond acceptors (Lipinski definition) is 9. The summed E-state index contributed by atoms with van der Waals surface area (Å²) in [5.41, 5.74) is 2.46. The first-order valence-electron chi connectivity index (χ1n) is 14.0. The number of aliphatic carboxylic acids is 1.